The summed E-state index contributed by atoms with van der Waals surface area (Å²) in [6, 6.07) is 120. The molecule has 0 aliphatic carbocycles. The van der Waals surface area contributed by atoms with Crippen LogP contribution in [-0.2, 0) is 0 Å². The molecule has 6 aromatic heterocycles. The van der Waals surface area contributed by atoms with E-state index >= 15 is 0 Å². The number of para-hydroxylation sites is 3. The van der Waals surface area contributed by atoms with Gasteiger partial charge in [-0.25, -0.2) is 39.9 Å². The molecule has 0 unspecified atom stereocenters. The van der Waals surface area contributed by atoms with E-state index in [2.05, 4.69) is 224 Å². The summed E-state index contributed by atoms with van der Waals surface area (Å²) in [7, 11) is 0. The van der Waals surface area contributed by atoms with Gasteiger partial charge in [-0.15, -0.1) is 0 Å². The summed E-state index contributed by atoms with van der Waals surface area (Å²) >= 11 is 0. The predicted octanol–water partition coefficient (Wildman–Crippen LogP) is 24.1. The largest absolute Gasteiger partial charge is 0.455 e. The third kappa shape index (κ3) is 11.3. The summed E-state index contributed by atoms with van der Waals surface area (Å²) in [5.41, 5.74) is 20.9. The van der Waals surface area contributed by atoms with Gasteiger partial charge in [0.15, 0.2) is 34.9 Å². The van der Waals surface area contributed by atoms with Crippen LogP contribution in [0.3, 0.4) is 0 Å². The van der Waals surface area contributed by atoms with Crippen molar-refractivity contribution in [2.75, 3.05) is 0 Å². The Balaban J connectivity index is 0.000000143. The van der Waals surface area contributed by atoms with Gasteiger partial charge in [0.25, 0.3) is 0 Å². The van der Waals surface area contributed by atoms with Gasteiger partial charge >= 0.3 is 0 Å². The molecule has 0 spiro atoms. The number of benzene rings is 14. The van der Waals surface area contributed by atoms with Gasteiger partial charge in [-0.3, -0.25) is 0 Å². The van der Waals surface area contributed by atoms with Crippen molar-refractivity contribution in [1.82, 2.24) is 39.9 Å². The first kappa shape index (κ1) is 60.9. The molecule has 10 nitrogen and oxygen atoms in total. The molecular formula is C94H58N8O2. The lowest BCUT2D eigenvalue weighted by Gasteiger charge is -2.11. The lowest BCUT2D eigenvalue weighted by atomic mass is 9.96. The predicted molar refractivity (Wildman–Crippen MR) is 422 cm³/mol. The highest BCUT2D eigenvalue weighted by molar-refractivity contribution is 6.17. The van der Waals surface area contributed by atoms with Crippen molar-refractivity contribution in [2.45, 2.75) is 0 Å². The molecule has 0 saturated heterocycles. The van der Waals surface area contributed by atoms with Gasteiger partial charge in [0.05, 0.1) is 22.4 Å². The number of hydrogen-bond acceptors (Lipinski definition) is 10. The van der Waals surface area contributed by atoms with Crippen LogP contribution in [0.5, 0.6) is 0 Å². The molecule has 20 aromatic rings. The number of nitrogens with zero attached hydrogens (tertiary/aromatic N) is 8. The first-order valence-corrected chi connectivity index (χ1v) is 34.6. The van der Waals surface area contributed by atoms with Crippen molar-refractivity contribution in [3.63, 3.8) is 0 Å². The Morgan fingerprint density at radius 2 is 0.587 bits per heavy atom. The van der Waals surface area contributed by atoms with E-state index in [9.17, 15) is 0 Å². The fraction of sp³-hybridized carbons (Fsp3) is 0. The van der Waals surface area contributed by atoms with Gasteiger partial charge in [0.2, 0.25) is 0 Å². The fourth-order valence-electron chi connectivity index (χ4n) is 14.3. The first-order valence-electron chi connectivity index (χ1n) is 34.6. The number of aromatic nitrogens is 8. The molecule has 6 heterocycles. The highest BCUT2D eigenvalue weighted by Crippen LogP contribution is 2.44. The van der Waals surface area contributed by atoms with E-state index in [4.69, 9.17) is 48.7 Å². The lowest BCUT2D eigenvalue weighted by Crippen LogP contribution is -2.00. The molecule has 486 valence electrons. The number of fused-ring (bicyclic) bond motifs is 10. The standard InChI is InChI=1S/C48H30N4O.C46H28N4O/c1-4-15-31(16-5-1)40-30-42(49-41-27-11-10-23-37(40)41)38-25-13-26-39-44-36(24-14-28-43(44)53-45(38)39)34-21-12-22-35(29-34)48-51-46(32-17-6-2-7-18-32)50-47(52-48)33-19-8-3-9-20-33;1-3-11-29(12-4-1)30-21-25-34(26-22-30)45-48-44(33-14-5-2-6-15-33)49-46(50-45)38-19-10-20-40-41(38)37-18-9-17-36(43(37)51-40)39-28-27-32-24-23-31-13-7-8-16-35(31)42(32)47-39/h1-30H;1-28H. The zero-order valence-corrected chi connectivity index (χ0v) is 55.9. The Morgan fingerprint density at radius 3 is 1.19 bits per heavy atom. The average Bonchev–Trinajstić information content (AvgIpc) is 1.57. The first-order chi connectivity index (χ1) is 51.5. The minimum atomic E-state index is 0.583. The molecule has 0 bridgehead atoms. The second kappa shape index (κ2) is 26.1. The summed E-state index contributed by atoms with van der Waals surface area (Å²) in [5, 5.41) is 8.54. The monoisotopic (exact) mass is 1330 g/mol. The molecular weight excluding hydrogens is 1270 g/mol. The van der Waals surface area contributed by atoms with Crippen LogP contribution in [-0.4, -0.2) is 39.9 Å². The number of pyridine rings is 2. The summed E-state index contributed by atoms with van der Waals surface area (Å²) in [6.07, 6.45) is 0. The zero-order chi connectivity index (χ0) is 68.9. The van der Waals surface area contributed by atoms with E-state index in [0.29, 0.717) is 34.9 Å². The minimum absolute atomic E-state index is 0.583. The van der Waals surface area contributed by atoms with Crippen LogP contribution >= 0.6 is 0 Å². The summed E-state index contributed by atoms with van der Waals surface area (Å²) < 4.78 is 13.4. The van der Waals surface area contributed by atoms with Crippen LogP contribution in [0.4, 0.5) is 0 Å². The van der Waals surface area contributed by atoms with E-state index in [-0.39, 0.29) is 0 Å². The van der Waals surface area contributed by atoms with Crippen LogP contribution in [0.25, 0.3) is 201 Å². The number of rotatable bonds is 11. The molecule has 0 aliphatic rings. The maximum atomic E-state index is 6.73. The molecule has 0 aliphatic heterocycles. The van der Waals surface area contributed by atoms with E-state index in [0.717, 1.165) is 160 Å². The van der Waals surface area contributed by atoms with E-state index in [1.54, 1.807) is 0 Å². The highest BCUT2D eigenvalue weighted by Gasteiger charge is 2.23. The van der Waals surface area contributed by atoms with Crippen molar-refractivity contribution in [3.05, 3.63) is 352 Å². The van der Waals surface area contributed by atoms with Gasteiger partial charge in [-0.1, -0.05) is 303 Å². The maximum Gasteiger partial charge on any atom is 0.164 e. The van der Waals surface area contributed by atoms with E-state index in [1.165, 1.54) is 5.39 Å². The molecule has 0 atom stereocenters. The zero-order valence-electron chi connectivity index (χ0n) is 55.9. The molecule has 20 rings (SSSR count). The van der Waals surface area contributed by atoms with Gasteiger partial charge in [0, 0.05) is 82.2 Å². The maximum absolute atomic E-state index is 6.73. The Hall–Kier alpha value is -14.2. The van der Waals surface area contributed by atoms with Crippen LogP contribution in [0, 0.1) is 0 Å². The van der Waals surface area contributed by atoms with Crippen LogP contribution in [0.1, 0.15) is 0 Å². The molecule has 10 heteroatoms. The molecule has 104 heavy (non-hydrogen) atoms. The third-order valence-corrected chi connectivity index (χ3v) is 19.3. The van der Waals surface area contributed by atoms with Gasteiger partial charge < -0.3 is 8.83 Å². The van der Waals surface area contributed by atoms with E-state index < -0.39 is 0 Å². The minimum Gasteiger partial charge on any atom is -0.455 e. The van der Waals surface area contributed by atoms with Crippen molar-refractivity contribution in [1.29, 1.82) is 0 Å². The fourth-order valence-corrected chi connectivity index (χ4v) is 14.3. The molecule has 14 aromatic carbocycles. The smallest absolute Gasteiger partial charge is 0.164 e. The molecule has 0 amide bonds. The lowest BCUT2D eigenvalue weighted by molar-refractivity contribution is 0.669. The molecule has 0 N–H and O–H groups in total. The normalized spacial score (nSPS) is 11.5. The molecule has 0 saturated carbocycles. The van der Waals surface area contributed by atoms with Gasteiger partial charge in [-0.05, 0) is 87.3 Å². The Bertz CT molecular complexity index is 6590. The molecule has 0 fully saturated rings. The van der Waals surface area contributed by atoms with Gasteiger partial charge in [0.1, 0.15) is 22.3 Å². The van der Waals surface area contributed by atoms with Crippen LogP contribution in [0.15, 0.2) is 361 Å². The summed E-state index contributed by atoms with van der Waals surface area (Å²) in [5.74, 6) is 3.68. The third-order valence-electron chi connectivity index (χ3n) is 19.3. The second-order valence-electron chi connectivity index (χ2n) is 25.7. The Kier molecular flexibility index (Phi) is 15.3. The summed E-state index contributed by atoms with van der Waals surface area (Å²) in [6.45, 7) is 0. The van der Waals surface area contributed by atoms with Crippen molar-refractivity contribution in [3.8, 4) is 124 Å². The Morgan fingerprint density at radius 1 is 0.192 bits per heavy atom. The SMILES string of the molecule is c1ccc(-c2ccc(-c3nc(-c4ccccc4)nc(-c4cccc5oc6c(-c7ccc8ccc9ccccc9c8n7)cccc6c45)n3)cc2)cc1.c1ccc(-c2nc(-c3ccccc3)nc(-c3cccc(-c4cccc5oc6c(-c7cc(-c8ccccc8)c8ccccc8n7)cccc6c45)c3)n2)cc1. The second-order valence-corrected chi connectivity index (χ2v) is 25.7. The van der Waals surface area contributed by atoms with Gasteiger partial charge in [-0.2, -0.15) is 0 Å². The average molecular weight is 1330 g/mol. The Labute approximate surface area is 597 Å². The summed E-state index contributed by atoms with van der Waals surface area (Å²) in [4.78, 5) is 40.4. The van der Waals surface area contributed by atoms with Crippen molar-refractivity contribution < 1.29 is 8.83 Å². The number of furan rings is 2. The van der Waals surface area contributed by atoms with Crippen molar-refractivity contribution >= 4 is 76.5 Å². The molecule has 0 radical (unpaired) electrons. The van der Waals surface area contributed by atoms with Crippen LogP contribution in [0.2, 0.25) is 0 Å². The van der Waals surface area contributed by atoms with Crippen molar-refractivity contribution in [2.24, 2.45) is 0 Å². The van der Waals surface area contributed by atoms with Crippen LogP contribution < -0.4 is 0 Å². The quantitative estimate of drug-likeness (QED) is 0.115. The highest BCUT2D eigenvalue weighted by atomic mass is 16.3. The number of hydrogen-bond donors (Lipinski definition) is 0. The van der Waals surface area contributed by atoms with E-state index in [1.807, 2.05) is 127 Å². The topological polar surface area (TPSA) is 129 Å².